The normalized spacial score (nSPS) is 20.3. The molecule has 2 aromatic carbocycles. The summed E-state index contributed by atoms with van der Waals surface area (Å²) in [5, 5.41) is 4.08. The number of amides is 3. The zero-order chi connectivity index (χ0) is 25.3. The molecule has 2 heterocycles. The van der Waals surface area contributed by atoms with Crippen molar-refractivity contribution in [1.29, 1.82) is 0 Å². The van der Waals surface area contributed by atoms with Crippen LogP contribution in [0.1, 0.15) is 49.8 Å². The van der Waals surface area contributed by atoms with Gasteiger partial charge in [-0.1, -0.05) is 60.5 Å². The number of hydrogen-bond acceptors (Lipinski definition) is 5. The monoisotopic (exact) mass is 489 g/mol. The Balaban J connectivity index is 1.38. The molecule has 186 valence electrons. The van der Waals surface area contributed by atoms with Gasteiger partial charge in [-0.2, -0.15) is 0 Å². The first-order valence-electron chi connectivity index (χ1n) is 12.2. The highest BCUT2D eigenvalue weighted by molar-refractivity contribution is 6.11. The Hall–Kier alpha value is -3.81. The molecule has 2 aliphatic rings. The van der Waals surface area contributed by atoms with Crippen LogP contribution in [-0.4, -0.2) is 45.8 Å². The Morgan fingerprint density at radius 1 is 1.11 bits per heavy atom. The molecule has 5 rings (SSSR count). The fourth-order valence-corrected chi connectivity index (χ4v) is 5.40. The fraction of sp³-hybridized carbons (Fsp3) is 0.357. The summed E-state index contributed by atoms with van der Waals surface area (Å²) < 4.78 is 19.6. The number of halogens is 1. The maximum absolute atomic E-state index is 14.2. The molecule has 1 aromatic heterocycles. The van der Waals surface area contributed by atoms with Crippen LogP contribution in [0, 0.1) is 5.82 Å². The van der Waals surface area contributed by atoms with Gasteiger partial charge in [0.2, 0.25) is 17.7 Å². The Kier molecular flexibility index (Phi) is 6.43. The fourth-order valence-electron chi connectivity index (χ4n) is 5.40. The van der Waals surface area contributed by atoms with E-state index in [0.717, 1.165) is 31.2 Å². The van der Waals surface area contributed by atoms with Crippen LogP contribution in [0.25, 0.3) is 11.3 Å². The van der Waals surface area contributed by atoms with Gasteiger partial charge in [-0.05, 0) is 30.5 Å². The lowest BCUT2D eigenvalue weighted by Crippen LogP contribution is -2.45. The summed E-state index contributed by atoms with van der Waals surface area (Å²) in [6.07, 6.45) is 3.07. The van der Waals surface area contributed by atoms with E-state index in [4.69, 9.17) is 4.52 Å². The molecule has 1 saturated carbocycles. The maximum atomic E-state index is 14.2. The van der Waals surface area contributed by atoms with Gasteiger partial charge in [0.05, 0.1) is 12.0 Å². The molecule has 1 atom stereocenters. The van der Waals surface area contributed by atoms with Crippen LogP contribution in [0.2, 0.25) is 0 Å². The topological polar surface area (TPSA) is 83.7 Å². The van der Waals surface area contributed by atoms with Gasteiger partial charge >= 0.3 is 0 Å². The van der Waals surface area contributed by atoms with Gasteiger partial charge in [-0.15, -0.1) is 0 Å². The largest absolute Gasteiger partial charge is 0.356 e. The van der Waals surface area contributed by atoms with Crippen molar-refractivity contribution in [3.05, 3.63) is 77.7 Å². The van der Waals surface area contributed by atoms with Crippen molar-refractivity contribution in [3.63, 3.8) is 0 Å². The summed E-state index contributed by atoms with van der Waals surface area (Å²) in [6.45, 7) is 0.170. The molecule has 0 N–H and O–H groups in total. The van der Waals surface area contributed by atoms with Crippen LogP contribution in [-0.2, 0) is 26.3 Å². The Morgan fingerprint density at radius 3 is 2.58 bits per heavy atom. The first-order valence-corrected chi connectivity index (χ1v) is 12.2. The van der Waals surface area contributed by atoms with E-state index in [2.05, 4.69) is 5.16 Å². The minimum atomic E-state index is -1.42. The van der Waals surface area contributed by atoms with Gasteiger partial charge in [-0.25, -0.2) is 4.39 Å². The Morgan fingerprint density at radius 2 is 1.86 bits per heavy atom. The number of carbonyl (C=O) groups is 3. The molecule has 1 unspecified atom stereocenters. The lowest BCUT2D eigenvalue weighted by molar-refractivity contribution is -0.144. The highest BCUT2D eigenvalue weighted by Crippen LogP contribution is 2.43. The number of benzene rings is 2. The van der Waals surface area contributed by atoms with E-state index in [-0.39, 0.29) is 37.2 Å². The minimum Gasteiger partial charge on any atom is -0.356 e. The molecule has 3 amide bonds. The van der Waals surface area contributed by atoms with Crippen LogP contribution in [0.15, 0.2) is 65.2 Å². The molecule has 3 aromatic rings. The second-order valence-electron chi connectivity index (χ2n) is 9.75. The van der Waals surface area contributed by atoms with E-state index in [1.807, 2.05) is 30.3 Å². The summed E-state index contributed by atoms with van der Waals surface area (Å²) in [5.41, 5.74) is 0.366. The molecule has 1 aliphatic heterocycles. The summed E-state index contributed by atoms with van der Waals surface area (Å²) in [5.74, 6) is -0.956. The number of aromatic nitrogens is 1. The van der Waals surface area contributed by atoms with Gasteiger partial charge in [0.25, 0.3) is 0 Å². The van der Waals surface area contributed by atoms with E-state index in [9.17, 15) is 18.8 Å². The minimum absolute atomic E-state index is 0.145. The molecule has 8 heteroatoms. The molecule has 0 bridgehead atoms. The average Bonchev–Trinajstić information content (AvgIpc) is 3.61. The molecule has 1 aliphatic carbocycles. The number of carbonyl (C=O) groups excluding carboxylic acids is 3. The smallest absolute Gasteiger partial charge is 0.241 e. The van der Waals surface area contributed by atoms with E-state index in [1.54, 1.807) is 19.2 Å². The predicted molar refractivity (Wildman–Crippen MR) is 130 cm³/mol. The quantitative estimate of drug-likeness (QED) is 0.458. The molecule has 1 saturated heterocycles. The molecular formula is C28H28FN3O4. The molecule has 36 heavy (non-hydrogen) atoms. The third-order valence-electron chi connectivity index (χ3n) is 7.31. The van der Waals surface area contributed by atoms with Crippen LogP contribution in [0.3, 0.4) is 0 Å². The third kappa shape index (κ3) is 4.43. The van der Waals surface area contributed by atoms with Crippen LogP contribution >= 0.6 is 0 Å². The van der Waals surface area contributed by atoms with Crippen LogP contribution in [0.5, 0.6) is 0 Å². The number of likely N-dealkylation sites (tertiary alicyclic amines) is 1. The zero-order valence-electron chi connectivity index (χ0n) is 20.2. The van der Waals surface area contributed by atoms with Gasteiger partial charge < -0.3 is 9.42 Å². The highest BCUT2D eigenvalue weighted by Gasteiger charge is 2.55. The molecule has 7 nitrogen and oxygen atoms in total. The second kappa shape index (κ2) is 9.68. The molecule has 2 fully saturated rings. The summed E-state index contributed by atoms with van der Waals surface area (Å²) in [7, 11) is 1.62. The third-order valence-corrected chi connectivity index (χ3v) is 7.31. The van der Waals surface area contributed by atoms with E-state index in [0.29, 0.717) is 17.0 Å². The summed E-state index contributed by atoms with van der Waals surface area (Å²) in [6, 6.07) is 16.8. The highest BCUT2D eigenvalue weighted by atomic mass is 19.1. The van der Waals surface area contributed by atoms with Crippen molar-refractivity contribution in [2.45, 2.75) is 56.5 Å². The molecule has 0 spiro atoms. The number of rotatable bonds is 7. The van der Waals surface area contributed by atoms with Crippen molar-refractivity contribution in [2.24, 2.45) is 0 Å². The van der Waals surface area contributed by atoms with Crippen LogP contribution < -0.4 is 0 Å². The summed E-state index contributed by atoms with van der Waals surface area (Å²) >= 11 is 0. The lowest BCUT2D eigenvalue weighted by atomic mass is 9.75. The second-order valence-corrected chi connectivity index (χ2v) is 9.75. The lowest BCUT2D eigenvalue weighted by Gasteiger charge is -2.30. The van der Waals surface area contributed by atoms with Crippen molar-refractivity contribution in [3.8, 4) is 11.3 Å². The van der Waals surface area contributed by atoms with E-state index < -0.39 is 17.1 Å². The zero-order valence-corrected chi connectivity index (χ0v) is 20.2. The SMILES string of the molecule is CN(Cc1cc(-c2ccccc2)on1)C(=O)CC1(c2cccc(F)c2)CC(=O)N(C2CCCC2)C1=O. The van der Waals surface area contributed by atoms with Gasteiger partial charge in [-0.3, -0.25) is 19.3 Å². The average molecular weight is 490 g/mol. The molecular weight excluding hydrogens is 461 g/mol. The van der Waals surface area contributed by atoms with Crippen molar-refractivity contribution in [1.82, 2.24) is 15.0 Å². The first-order chi connectivity index (χ1) is 17.4. The first kappa shape index (κ1) is 23.9. The van der Waals surface area contributed by atoms with E-state index >= 15 is 0 Å². The standard InChI is InChI=1S/C28H28FN3O4/c1-31(18-22-15-24(36-30-22)19-8-3-2-4-9-19)25(33)16-28(20-10-7-11-21(29)14-20)17-26(34)32(27(28)35)23-12-5-6-13-23/h2-4,7-11,14-15,23H,5-6,12-13,16-18H2,1H3. The van der Waals surface area contributed by atoms with Gasteiger partial charge in [0, 0.05) is 37.6 Å². The van der Waals surface area contributed by atoms with Gasteiger partial charge in [0.15, 0.2) is 5.76 Å². The van der Waals surface area contributed by atoms with Crippen molar-refractivity contribution < 1.29 is 23.3 Å². The maximum Gasteiger partial charge on any atom is 0.241 e. The van der Waals surface area contributed by atoms with Crippen molar-refractivity contribution in [2.75, 3.05) is 7.05 Å². The Labute approximate surface area is 208 Å². The number of nitrogens with zero attached hydrogens (tertiary/aromatic N) is 3. The number of hydrogen-bond donors (Lipinski definition) is 0. The van der Waals surface area contributed by atoms with Gasteiger partial charge in [0.1, 0.15) is 11.5 Å². The summed E-state index contributed by atoms with van der Waals surface area (Å²) in [4.78, 5) is 43.1. The number of imide groups is 1. The van der Waals surface area contributed by atoms with Crippen molar-refractivity contribution >= 4 is 17.7 Å². The van der Waals surface area contributed by atoms with E-state index in [1.165, 1.54) is 28.0 Å². The Bertz CT molecular complexity index is 1280. The van der Waals surface area contributed by atoms with Crippen LogP contribution in [0.4, 0.5) is 4.39 Å². The molecule has 0 radical (unpaired) electrons. The predicted octanol–water partition coefficient (Wildman–Crippen LogP) is 4.47.